The van der Waals surface area contributed by atoms with Crippen molar-refractivity contribution in [2.75, 3.05) is 6.54 Å². The number of hydrogen-bond donors (Lipinski definition) is 1. The first kappa shape index (κ1) is 29.0. The zero-order valence-electron chi connectivity index (χ0n) is 26.3. The Kier molecular flexibility index (Phi) is 7.96. The normalized spacial score (nSPS) is 12.3. The van der Waals surface area contributed by atoms with E-state index in [4.69, 9.17) is 0 Å². The van der Waals surface area contributed by atoms with Gasteiger partial charge in [0.1, 0.15) is 6.33 Å². The molecule has 0 spiro atoms. The maximum Gasteiger partial charge on any atom is 0.115 e. The number of dihydropyridines is 1. The van der Waals surface area contributed by atoms with Crippen molar-refractivity contribution in [3.8, 4) is 66.8 Å². The molecule has 0 bridgehead atoms. The second-order valence-corrected chi connectivity index (χ2v) is 11.9. The molecule has 0 saturated carbocycles. The van der Waals surface area contributed by atoms with Crippen LogP contribution in [0.25, 0.3) is 72.3 Å². The number of nitrogens with zero attached hydrogens (tertiary/aromatic N) is 3. The maximum absolute atomic E-state index is 4.32. The molecule has 228 valence electrons. The SMILES string of the molecule is C1=CC(c2cccc(-c3cccc(-c4cc(-c5cncnc5)cc(-c5cccc(-c6cccc(-c7cccnc7)c6)c5)c4)c3)c2)=CNC1. The zero-order valence-corrected chi connectivity index (χ0v) is 26.3. The Hall–Kier alpha value is -6.39. The van der Waals surface area contributed by atoms with Crippen molar-refractivity contribution in [3.05, 3.63) is 182 Å². The van der Waals surface area contributed by atoms with E-state index in [1.807, 2.05) is 24.7 Å². The fourth-order valence-corrected chi connectivity index (χ4v) is 6.27. The molecule has 0 unspecified atom stereocenters. The lowest BCUT2D eigenvalue weighted by atomic mass is 9.91. The molecule has 0 amide bonds. The average molecular weight is 617 g/mol. The van der Waals surface area contributed by atoms with Crippen LogP contribution in [0.5, 0.6) is 0 Å². The van der Waals surface area contributed by atoms with Crippen LogP contribution in [0.4, 0.5) is 0 Å². The molecule has 48 heavy (non-hydrogen) atoms. The Bertz CT molecular complexity index is 2290. The molecule has 1 aliphatic heterocycles. The van der Waals surface area contributed by atoms with Crippen LogP contribution < -0.4 is 5.32 Å². The van der Waals surface area contributed by atoms with Gasteiger partial charge in [-0.05, 0) is 115 Å². The molecule has 3 heterocycles. The van der Waals surface area contributed by atoms with Gasteiger partial charge in [0, 0.05) is 48.7 Å². The standard InChI is InChI=1S/C44H32N4/c1-7-31(19-35(11-1)39-15-5-17-45-26-39)33-9-3-13-37(21-33)41-23-42(25-43(24-41)44-28-47-30-48-29-44)38-14-4-10-34(22-38)32-8-2-12-36(20-32)40-16-6-18-46-27-40/h1-17,19-30,46H,18H2. The van der Waals surface area contributed by atoms with Crippen LogP contribution in [0, 0.1) is 0 Å². The van der Waals surface area contributed by atoms with Crippen LogP contribution in [0.1, 0.15) is 5.56 Å². The monoisotopic (exact) mass is 616 g/mol. The number of rotatable bonds is 7. The van der Waals surface area contributed by atoms with Crippen LogP contribution in [0.3, 0.4) is 0 Å². The van der Waals surface area contributed by atoms with Gasteiger partial charge < -0.3 is 5.32 Å². The summed E-state index contributed by atoms with van der Waals surface area (Å²) in [6, 6.07) is 45.8. The lowest BCUT2D eigenvalue weighted by Gasteiger charge is -2.14. The second-order valence-electron chi connectivity index (χ2n) is 11.9. The van der Waals surface area contributed by atoms with Crippen LogP contribution in [0.15, 0.2) is 177 Å². The molecule has 2 aromatic heterocycles. The summed E-state index contributed by atoms with van der Waals surface area (Å²) in [6.07, 6.45) is 15.5. The first-order valence-corrected chi connectivity index (χ1v) is 16.1. The topological polar surface area (TPSA) is 50.7 Å². The summed E-state index contributed by atoms with van der Waals surface area (Å²) < 4.78 is 0. The predicted molar refractivity (Wildman–Crippen MR) is 198 cm³/mol. The molecular formula is C44H32N4. The van der Waals surface area contributed by atoms with Crippen molar-refractivity contribution in [1.29, 1.82) is 0 Å². The second kappa shape index (κ2) is 13.1. The Morgan fingerprint density at radius 3 is 1.31 bits per heavy atom. The van der Waals surface area contributed by atoms with E-state index in [2.05, 4.69) is 160 Å². The molecule has 7 aromatic rings. The summed E-state index contributed by atoms with van der Waals surface area (Å²) in [4.78, 5) is 13.0. The Morgan fingerprint density at radius 2 is 0.812 bits per heavy atom. The van der Waals surface area contributed by atoms with Crippen LogP contribution in [-0.2, 0) is 0 Å². The van der Waals surface area contributed by atoms with Gasteiger partial charge in [0.05, 0.1) is 0 Å². The summed E-state index contributed by atoms with van der Waals surface area (Å²) in [6.45, 7) is 0.866. The molecule has 0 aliphatic carbocycles. The third kappa shape index (κ3) is 6.20. The number of pyridine rings is 1. The van der Waals surface area contributed by atoms with E-state index in [0.717, 1.165) is 62.2 Å². The number of hydrogen-bond acceptors (Lipinski definition) is 4. The summed E-state index contributed by atoms with van der Waals surface area (Å²) >= 11 is 0. The van der Waals surface area contributed by atoms with Crippen LogP contribution >= 0.6 is 0 Å². The van der Waals surface area contributed by atoms with E-state index in [1.165, 1.54) is 22.3 Å². The molecule has 1 aliphatic rings. The fourth-order valence-electron chi connectivity index (χ4n) is 6.27. The van der Waals surface area contributed by atoms with Crippen LogP contribution in [0.2, 0.25) is 0 Å². The Morgan fingerprint density at radius 1 is 0.396 bits per heavy atom. The molecular weight excluding hydrogens is 585 g/mol. The molecule has 4 heteroatoms. The molecule has 1 N–H and O–H groups in total. The summed E-state index contributed by atoms with van der Waals surface area (Å²) in [7, 11) is 0. The summed E-state index contributed by atoms with van der Waals surface area (Å²) in [5.41, 5.74) is 15.9. The van der Waals surface area contributed by atoms with Crippen molar-refractivity contribution in [2.24, 2.45) is 0 Å². The molecule has 0 radical (unpaired) electrons. The van der Waals surface area contributed by atoms with Gasteiger partial charge in [-0.15, -0.1) is 0 Å². The van der Waals surface area contributed by atoms with Crippen molar-refractivity contribution in [1.82, 2.24) is 20.3 Å². The van der Waals surface area contributed by atoms with Crippen molar-refractivity contribution in [3.63, 3.8) is 0 Å². The fraction of sp³-hybridized carbons (Fsp3) is 0.0227. The summed E-state index contributed by atoms with van der Waals surface area (Å²) in [5.74, 6) is 0. The Balaban J connectivity index is 1.20. The average Bonchev–Trinajstić information content (AvgIpc) is 3.19. The van der Waals surface area contributed by atoms with Gasteiger partial charge in [0.2, 0.25) is 0 Å². The number of nitrogens with one attached hydrogen (secondary N) is 1. The number of benzene rings is 5. The number of allylic oxidation sites excluding steroid dienone is 2. The molecule has 4 nitrogen and oxygen atoms in total. The maximum atomic E-state index is 4.32. The molecule has 8 rings (SSSR count). The smallest absolute Gasteiger partial charge is 0.115 e. The quantitative estimate of drug-likeness (QED) is 0.194. The van der Waals surface area contributed by atoms with Gasteiger partial charge in [-0.25, -0.2) is 9.97 Å². The highest BCUT2D eigenvalue weighted by atomic mass is 14.8. The van der Waals surface area contributed by atoms with E-state index < -0.39 is 0 Å². The van der Waals surface area contributed by atoms with Gasteiger partial charge in [0.25, 0.3) is 0 Å². The third-order valence-corrected chi connectivity index (χ3v) is 8.73. The minimum Gasteiger partial charge on any atom is -0.387 e. The van der Waals surface area contributed by atoms with Gasteiger partial charge in [-0.2, -0.15) is 0 Å². The van der Waals surface area contributed by atoms with Crippen LogP contribution in [-0.4, -0.2) is 21.5 Å². The lowest BCUT2D eigenvalue weighted by Crippen LogP contribution is -2.08. The van der Waals surface area contributed by atoms with Gasteiger partial charge in [-0.3, -0.25) is 4.98 Å². The molecule has 5 aromatic carbocycles. The van der Waals surface area contributed by atoms with Crippen molar-refractivity contribution >= 4 is 5.57 Å². The largest absolute Gasteiger partial charge is 0.387 e. The van der Waals surface area contributed by atoms with E-state index in [1.54, 1.807) is 12.5 Å². The first-order chi connectivity index (χ1) is 23.8. The molecule has 0 saturated heterocycles. The highest BCUT2D eigenvalue weighted by Gasteiger charge is 2.11. The summed E-state index contributed by atoms with van der Waals surface area (Å²) in [5, 5.41) is 3.32. The van der Waals surface area contributed by atoms with E-state index in [0.29, 0.717) is 0 Å². The van der Waals surface area contributed by atoms with Gasteiger partial charge in [0.15, 0.2) is 0 Å². The van der Waals surface area contributed by atoms with E-state index >= 15 is 0 Å². The predicted octanol–water partition coefficient (Wildman–Crippen LogP) is 10.4. The lowest BCUT2D eigenvalue weighted by molar-refractivity contribution is 0.976. The third-order valence-electron chi connectivity index (χ3n) is 8.73. The highest BCUT2D eigenvalue weighted by Crippen LogP contribution is 2.36. The van der Waals surface area contributed by atoms with Gasteiger partial charge >= 0.3 is 0 Å². The van der Waals surface area contributed by atoms with Crippen molar-refractivity contribution in [2.45, 2.75) is 0 Å². The van der Waals surface area contributed by atoms with Gasteiger partial charge in [-0.1, -0.05) is 91.0 Å². The van der Waals surface area contributed by atoms with Crippen molar-refractivity contribution < 1.29 is 0 Å². The highest BCUT2D eigenvalue weighted by molar-refractivity contribution is 5.85. The Labute approximate surface area is 280 Å². The molecule has 0 atom stereocenters. The minimum absolute atomic E-state index is 0.866. The minimum atomic E-state index is 0.866. The first-order valence-electron chi connectivity index (χ1n) is 16.1. The number of aromatic nitrogens is 3. The molecule has 0 fully saturated rings. The van der Waals surface area contributed by atoms with E-state index in [-0.39, 0.29) is 0 Å². The zero-order chi connectivity index (χ0) is 32.1. The van der Waals surface area contributed by atoms with E-state index in [9.17, 15) is 0 Å².